The molecule has 0 aromatic carbocycles. The van der Waals surface area contributed by atoms with Crippen LogP contribution in [-0.4, -0.2) is 26.4 Å². The average molecular weight is 349 g/mol. The highest BCUT2D eigenvalue weighted by Gasteiger charge is 1.93. The highest BCUT2D eigenvalue weighted by Crippen LogP contribution is 1.97. The third-order valence-corrected chi connectivity index (χ3v) is 3.83. The van der Waals surface area contributed by atoms with Crippen LogP contribution < -0.4 is 0 Å². The quantitative estimate of drug-likeness (QED) is 0.446. The summed E-state index contributed by atoms with van der Waals surface area (Å²) in [6.07, 6.45) is 8.30. The molecule has 0 radical (unpaired) electrons. The minimum atomic E-state index is 0.449. The molecule has 0 aromatic heterocycles. The second-order valence-corrected chi connectivity index (χ2v) is 7.27. The van der Waals surface area contributed by atoms with E-state index in [9.17, 15) is 0 Å². The van der Waals surface area contributed by atoms with Crippen molar-refractivity contribution in [1.29, 1.82) is 0 Å². The monoisotopic (exact) mass is 348 g/mol. The molecule has 152 valence electrons. The fourth-order valence-corrected chi connectivity index (χ4v) is 1.05. The van der Waals surface area contributed by atoms with E-state index < -0.39 is 0 Å². The summed E-state index contributed by atoms with van der Waals surface area (Å²) in [7, 11) is 3.50. The maximum Gasteiger partial charge on any atom is 0.0543 e. The Morgan fingerprint density at radius 2 is 0.750 bits per heavy atom. The highest BCUT2D eigenvalue weighted by atomic mass is 16.5. The van der Waals surface area contributed by atoms with Crippen molar-refractivity contribution < 1.29 is 9.47 Å². The van der Waals surface area contributed by atoms with Crippen molar-refractivity contribution in [3.05, 3.63) is 0 Å². The summed E-state index contributed by atoms with van der Waals surface area (Å²) in [4.78, 5) is 0. The third-order valence-electron chi connectivity index (χ3n) is 3.83. The Bertz CT molecular complexity index is 159. The van der Waals surface area contributed by atoms with Gasteiger partial charge in [-0.15, -0.1) is 0 Å². The van der Waals surface area contributed by atoms with Crippen LogP contribution in [0.2, 0.25) is 0 Å². The molecule has 2 unspecified atom stereocenters. The first-order chi connectivity index (χ1) is 11.2. The zero-order valence-electron chi connectivity index (χ0n) is 19.4. The molecule has 0 fully saturated rings. The van der Waals surface area contributed by atoms with Crippen LogP contribution in [0.1, 0.15) is 108 Å². The fourth-order valence-electron chi connectivity index (χ4n) is 1.05. The smallest absolute Gasteiger partial charge is 0.0543 e. The Kier molecular flexibility index (Phi) is 36.6. The van der Waals surface area contributed by atoms with Gasteiger partial charge in [-0.25, -0.2) is 0 Å². The zero-order valence-corrected chi connectivity index (χ0v) is 19.4. The Morgan fingerprint density at radius 3 is 0.792 bits per heavy atom. The van der Waals surface area contributed by atoms with Gasteiger partial charge in [0.25, 0.3) is 0 Å². The van der Waals surface area contributed by atoms with Crippen LogP contribution >= 0.6 is 0 Å². The second-order valence-electron chi connectivity index (χ2n) is 7.27. The van der Waals surface area contributed by atoms with E-state index in [0.29, 0.717) is 12.2 Å². The molecule has 2 nitrogen and oxygen atoms in total. The summed E-state index contributed by atoms with van der Waals surface area (Å²) in [6, 6.07) is 0. The van der Waals surface area contributed by atoms with Crippen molar-refractivity contribution in [2.24, 2.45) is 11.8 Å². The molecule has 0 amide bonds. The SMILES string of the molecule is CCC(C)C.CCC(C)C.CCCC(C)OC.CCCC(C)OC. The predicted molar refractivity (Wildman–Crippen MR) is 113 cm³/mol. The van der Waals surface area contributed by atoms with Gasteiger partial charge in [0.15, 0.2) is 0 Å². The summed E-state index contributed by atoms with van der Waals surface area (Å²) < 4.78 is 9.98. The lowest BCUT2D eigenvalue weighted by molar-refractivity contribution is 0.110. The molecule has 0 aliphatic heterocycles. The summed E-state index contributed by atoms with van der Waals surface area (Å²) in [6.45, 7) is 21.8. The van der Waals surface area contributed by atoms with Crippen molar-refractivity contribution in [3.63, 3.8) is 0 Å². The van der Waals surface area contributed by atoms with Crippen LogP contribution in [0.4, 0.5) is 0 Å². The predicted octanol–water partition coefficient (Wildman–Crippen LogP) is 7.75. The van der Waals surface area contributed by atoms with Crippen LogP contribution in [-0.2, 0) is 9.47 Å². The van der Waals surface area contributed by atoms with Crippen molar-refractivity contribution in [2.75, 3.05) is 14.2 Å². The van der Waals surface area contributed by atoms with E-state index in [-0.39, 0.29) is 0 Å². The van der Waals surface area contributed by atoms with Gasteiger partial charge in [0.2, 0.25) is 0 Å². The van der Waals surface area contributed by atoms with Gasteiger partial charge < -0.3 is 9.47 Å². The van der Waals surface area contributed by atoms with Gasteiger partial charge in [-0.3, -0.25) is 0 Å². The van der Waals surface area contributed by atoms with E-state index in [1.54, 1.807) is 14.2 Å². The molecule has 0 aliphatic rings. The molecule has 0 N–H and O–H groups in total. The van der Waals surface area contributed by atoms with Gasteiger partial charge in [-0.1, -0.05) is 81.1 Å². The maximum atomic E-state index is 4.99. The number of methoxy groups -OCH3 is 2. The van der Waals surface area contributed by atoms with Crippen molar-refractivity contribution in [3.8, 4) is 0 Å². The van der Waals surface area contributed by atoms with Crippen LogP contribution in [0, 0.1) is 11.8 Å². The lowest BCUT2D eigenvalue weighted by Crippen LogP contribution is -2.02. The van der Waals surface area contributed by atoms with Crippen molar-refractivity contribution in [1.82, 2.24) is 0 Å². The summed E-state index contributed by atoms with van der Waals surface area (Å²) >= 11 is 0. The largest absolute Gasteiger partial charge is 0.382 e. The molecule has 0 aromatic rings. The van der Waals surface area contributed by atoms with Crippen LogP contribution in [0.15, 0.2) is 0 Å². The van der Waals surface area contributed by atoms with Gasteiger partial charge >= 0.3 is 0 Å². The van der Waals surface area contributed by atoms with Crippen LogP contribution in [0.3, 0.4) is 0 Å². The van der Waals surface area contributed by atoms with Gasteiger partial charge in [0, 0.05) is 14.2 Å². The minimum absolute atomic E-state index is 0.449. The first kappa shape index (κ1) is 31.7. The zero-order chi connectivity index (χ0) is 20.0. The third kappa shape index (κ3) is 49.5. The van der Waals surface area contributed by atoms with E-state index in [4.69, 9.17) is 9.47 Å². The van der Waals surface area contributed by atoms with E-state index >= 15 is 0 Å². The normalized spacial score (nSPS) is 12.2. The van der Waals surface area contributed by atoms with E-state index in [2.05, 4.69) is 69.2 Å². The fraction of sp³-hybridized carbons (Fsp3) is 1.00. The number of rotatable bonds is 8. The lowest BCUT2D eigenvalue weighted by Gasteiger charge is -2.04. The molecular formula is C22H52O2. The Balaban J connectivity index is -0.000000113. The first-order valence-electron chi connectivity index (χ1n) is 10.2. The topological polar surface area (TPSA) is 18.5 Å². The molecule has 0 spiro atoms. The molecule has 2 heteroatoms. The summed E-state index contributed by atoms with van der Waals surface area (Å²) in [5.74, 6) is 1.77. The Hall–Kier alpha value is -0.0800. The van der Waals surface area contributed by atoms with Crippen LogP contribution in [0.25, 0.3) is 0 Å². The van der Waals surface area contributed by atoms with Crippen LogP contribution in [0.5, 0.6) is 0 Å². The molecule has 0 saturated carbocycles. The number of hydrogen-bond acceptors (Lipinski definition) is 2. The van der Waals surface area contributed by atoms with E-state index in [1.165, 1.54) is 38.5 Å². The Labute approximate surface area is 156 Å². The Morgan fingerprint density at radius 1 is 0.542 bits per heavy atom. The average Bonchev–Trinajstić information content (AvgIpc) is 2.56. The second kappa shape index (κ2) is 27.8. The highest BCUT2D eigenvalue weighted by molar-refractivity contribution is 4.44. The molecule has 24 heavy (non-hydrogen) atoms. The summed E-state index contributed by atoms with van der Waals surface area (Å²) in [5, 5.41) is 0. The molecule has 0 saturated heterocycles. The molecular weight excluding hydrogens is 296 g/mol. The first-order valence-corrected chi connectivity index (χ1v) is 10.2. The van der Waals surface area contributed by atoms with Gasteiger partial charge in [0.05, 0.1) is 12.2 Å². The van der Waals surface area contributed by atoms with Gasteiger partial charge in [0.1, 0.15) is 0 Å². The molecule has 0 rings (SSSR count). The van der Waals surface area contributed by atoms with Gasteiger partial charge in [-0.2, -0.15) is 0 Å². The minimum Gasteiger partial charge on any atom is -0.382 e. The van der Waals surface area contributed by atoms with Crippen molar-refractivity contribution >= 4 is 0 Å². The lowest BCUT2D eigenvalue weighted by atomic mass is 10.2. The van der Waals surface area contributed by atoms with Gasteiger partial charge in [-0.05, 0) is 38.5 Å². The molecule has 0 heterocycles. The van der Waals surface area contributed by atoms with E-state index in [0.717, 1.165) is 11.8 Å². The molecule has 2 atom stereocenters. The maximum absolute atomic E-state index is 4.99. The number of hydrogen-bond donors (Lipinski definition) is 0. The molecule has 0 bridgehead atoms. The number of ether oxygens (including phenoxy) is 2. The van der Waals surface area contributed by atoms with Crippen molar-refractivity contribution in [2.45, 2.75) is 120 Å². The summed E-state index contributed by atoms with van der Waals surface area (Å²) in [5.41, 5.74) is 0. The standard InChI is InChI=1S/2C6H14O.2C5H12/c2*1-4-5-6(2)7-3;2*1-4-5(2)3/h2*6H,4-5H2,1-3H3;2*5H,4H2,1-3H3. The molecule has 0 aliphatic carbocycles. The van der Waals surface area contributed by atoms with E-state index in [1.807, 2.05) is 0 Å².